The Labute approximate surface area is 250 Å². The van der Waals surface area contributed by atoms with Crippen LogP contribution in [0.15, 0.2) is 47.0 Å². The summed E-state index contributed by atoms with van der Waals surface area (Å²) in [6.45, 7) is 10.2. The number of nitrogens with two attached hydrogens (primary N) is 1. The second kappa shape index (κ2) is 12.7. The topological polar surface area (TPSA) is 151 Å². The fourth-order valence-electron chi connectivity index (χ4n) is 5.18. The number of ketones is 1. The molecule has 0 radical (unpaired) electrons. The van der Waals surface area contributed by atoms with Crippen LogP contribution in [-0.2, 0) is 17.8 Å². The molecule has 1 aliphatic heterocycles. The van der Waals surface area contributed by atoms with E-state index in [1.165, 1.54) is 18.0 Å². The molecule has 12 nitrogen and oxygen atoms in total. The number of carbonyl (C=O) groups is 3. The van der Waals surface area contributed by atoms with E-state index in [2.05, 4.69) is 10.3 Å². The normalized spacial score (nSPS) is 15.2. The molecule has 2 amide bonds. The number of aromatic nitrogens is 3. The summed E-state index contributed by atoms with van der Waals surface area (Å²) in [7, 11) is 1.51. The summed E-state index contributed by atoms with van der Waals surface area (Å²) < 4.78 is 13.6. The highest BCUT2D eigenvalue weighted by atomic mass is 16.6. The second-order valence-electron chi connectivity index (χ2n) is 11.9. The number of methoxy groups -OCH3 is 1. The van der Waals surface area contributed by atoms with E-state index in [0.29, 0.717) is 36.6 Å². The third-order valence-electron chi connectivity index (χ3n) is 7.08. The molecule has 0 spiro atoms. The minimum Gasteiger partial charge on any atom is -0.497 e. The van der Waals surface area contributed by atoms with Gasteiger partial charge in [0.15, 0.2) is 5.78 Å². The number of allylic oxidation sites excluding steroid dienone is 2. The number of fused-ring (bicyclic) bond motifs is 1. The van der Waals surface area contributed by atoms with Crippen LogP contribution < -0.4 is 26.2 Å². The van der Waals surface area contributed by atoms with Crippen LogP contribution in [0.2, 0.25) is 0 Å². The summed E-state index contributed by atoms with van der Waals surface area (Å²) in [6.07, 6.45) is 4.12. The van der Waals surface area contributed by atoms with Crippen molar-refractivity contribution in [2.45, 2.75) is 72.2 Å². The number of carbonyl (C=O) groups excluding carboxylic acids is 3. The minimum atomic E-state index is -0.727. The van der Waals surface area contributed by atoms with Gasteiger partial charge in [-0.2, -0.15) is 0 Å². The molecule has 3 N–H and O–H groups in total. The van der Waals surface area contributed by atoms with Crippen molar-refractivity contribution in [1.29, 1.82) is 0 Å². The second-order valence-corrected chi connectivity index (χ2v) is 11.9. The molecule has 1 aliphatic rings. The largest absolute Gasteiger partial charge is 0.497 e. The molecule has 1 atom stereocenters. The zero-order valence-corrected chi connectivity index (χ0v) is 25.6. The molecule has 0 aliphatic carbocycles. The maximum atomic E-state index is 14.0. The number of rotatable bonds is 9. The van der Waals surface area contributed by atoms with Crippen LogP contribution in [0.1, 0.15) is 68.2 Å². The third kappa shape index (κ3) is 7.25. The van der Waals surface area contributed by atoms with E-state index in [1.54, 1.807) is 49.6 Å². The number of anilines is 1. The lowest BCUT2D eigenvalue weighted by Crippen LogP contribution is -2.49. The van der Waals surface area contributed by atoms with Gasteiger partial charge in [0, 0.05) is 31.2 Å². The fraction of sp³-hybridized carbons (Fsp3) is 0.452. The standard InChI is InChI=1S/C31H40N6O6/c1-19(2)12-14-37-26-25(33-18-36(29(26)40)17-23(38)20-9-7-11-22(15-20)42-6)24(27(32)39)28(37)35-13-8-10-21(16-35)34-30(41)43-31(3,4)5/h7,9,11-12,15,18,21H,8,10,13-14,16-17H2,1-6H3,(H2,32,39)(H,34,41)/t21-/m1/s1. The zero-order chi connectivity index (χ0) is 31.5. The van der Waals surface area contributed by atoms with Crippen molar-refractivity contribution in [3.63, 3.8) is 0 Å². The molecule has 3 heterocycles. The third-order valence-corrected chi connectivity index (χ3v) is 7.08. The number of hydrogen-bond acceptors (Lipinski definition) is 8. The van der Waals surface area contributed by atoms with Gasteiger partial charge in [-0.15, -0.1) is 0 Å². The van der Waals surface area contributed by atoms with E-state index < -0.39 is 23.2 Å². The number of benzene rings is 1. The van der Waals surface area contributed by atoms with Crippen molar-refractivity contribution in [3.8, 4) is 5.75 Å². The van der Waals surface area contributed by atoms with Crippen LogP contribution in [0.25, 0.3) is 11.0 Å². The van der Waals surface area contributed by atoms with Gasteiger partial charge in [0.2, 0.25) is 0 Å². The predicted molar refractivity (Wildman–Crippen MR) is 164 cm³/mol. The number of amides is 2. The predicted octanol–water partition coefficient (Wildman–Crippen LogP) is 3.65. The van der Waals surface area contributed by atoms with Gasteiger partial charge in [-0.3, -0.25) is 19.0 Å². The molecule has 2 aromatic heterocycles. The molecule has 4 rings (SSSR count). The van der Waals surface area contributed by atoms with E-state index >= 15 is 0 Å². The van der Waals surface area contributed by atoms with Crippen molar-refractivity contribution < 1.29 is 23.9 Å². The number of Topliss-reactive ketones (excluding diaryl/α,β-unsaturated/α-hetero) is 1. The number of nitrogens with one attached hydrogen (secondary N) is 1. The summed E-state index contributed by atoms with van der Waals surface area (Å²) in [5, 5.41) is 2.93. The molecule has 0 bridgehead atoms. The van der Waals surface area contributed by atoms with E-state index in [4.69, 9.17) is 15.2 Å². The van der Waals surface area contributed by atoms with Crippen molar-refractivity contribution in [3.05, 3.63) is 63.7 Å². The Bertz CT molecular complexity index is 1630. The van der Waals surface area contributed by atoms with E-state index in [-0.39, 0.29) is 41.5 Å². The molecule has 230 valence electrons. The first-order valence-corrected chi connectivity index (χ1v) is 14.3. The summed E-state index contributed by atoms with van der Waals surface area (Å²) in [4.78, 5) is 59.0. The van der Waals surface area contributed by atoms with Crippen molar-refractivity contribution in [2.75, 3.05) is 25.1 Å². The van der Waals surface area contributed by atoms with Gasteiger partial charge in [0.05, 0.1) is 20.0 Å². The van der Waals surface area contributed by atoms with E-state index in [1.807, 2.05) is 24.8 Å². The summed E-state index contributed by atoms with van der Waals surface area (Å²) >= 11 is 0. The number of primary amides is 1. The van der Waals surface area contributed by atoms with Crippen molar-refractivity contribution >= 4 is 34.6 Å². The number of hydrogen-bond donors (Lipinski definition) is 2. The molecule has 12 heteroatoms. The Morgan fingerprint density at radius 3 is 2.60 bits per heavy atom. The minimum absolute atomic E-state index is 0.124. The number of alkyl carbamates (subject to hydrolysis) is 1. The highest BCUT2D eigenvalue weighted by Gasteiger charge is 2.32. The Kier molecular flexibility index (Phi) is 9.27. The first-order valence-electron chi connectivity index (χ1n) is 14.3. The van der Waals surface area contributed by atoms with Crippen LogP contribution in [0, 0.1) is 0 Å². The fourth-order valence-corrected chi connectivity index (χ4v) is 5.18. The molecule has 1 saturated heterocycles. The van der Waals surface area contributed by atoms with Crippen molar-refractivity contribution in [2.24, 2.45) is 5.73 Å². The molecule has 0 unspecified atom stereocenters. The molecule has 1 aromatic carbocycles. The van der Waals surface area contributed by atoms with Gasteiger partial charge in [-0.1, -0.05) is 23.8 Å². The van der Waals surface area contributed by atoms with Gasteiger partial charge in [0.1, 0.15) is 33.8 Å². The smallest absolute Gasteiger partial charge is 0.407 e. The quantitative estimate of drug-likeness (QED) is 0.282. The molecule has 0 saturated carbocycles. The first-order chi connectivity index (χ1) is 20.3. The van der Waals surface area contributed by atoms with Crippen LogP contribution in [0.4, 0.5) is 10.6 Å². The average Bonchev–Trinajstić information content (AvgIpc) is 3.27. The van der Waals surface area contributed by atoms with Gasteiger partial charge < -0.3 is 30.0 Å². The lowest BCUT2D eigenvalue weighted by atomic mass is 10.1. The SMILES string of the molecule is COc1cccc(C(=O)Cn2cnc3c(C(N)=O)c(N4CCC[C@@H](NC(=O)OC(C)(C)C)C4)n(CC=C(C)C)c3c2=O)c1. The van der Waals surface area contributed by atoms with Gasteiger partial charge in [-0.05, 0) is 59.6 Å². The molecule has 43 heavy (non-hydrogen) atoms. The molecular weight excluding hydrogens is 552 g/mol. The first kappa shape index (κ1) is 31.3. The Morgan fingerprint density at radius 1 is 1.21 bits per heavy atom. The molecular formula is C31H40N6O6. The van der Waals surface area contributed by atoms with Crippen LogP contribution in [0.3, 0.4) is 0 Å². The lowest BCUT2D eigenvalue weighted by Gasteiger charge is -2.35. The Morgan fingerprint density at radius 2 is 1.95 bits per heavy atom. The van der Waals surface area contributed by atoms with Gasteiger partial charge in [0.25, 0.3) is 11.5 Å². The highest BCUT2D eigenvalue weighted by Crippen LogP contribution is 2.32. The highest BCUT2D eigenvalue weighted by molar-refractivity contribution is 6.10. The molecule has 3 aromatic rings. The van der Waals surface area contributed by atoms with Crippen LogP contribution in [-0.4, -0.2) is 63.7 Å². The Hall–Kier alpha value is -4.61. The lowest BCUT2D eigenvalue weighted by molar-refractivity contribution is 0.0499. The number of piperidine rings is 1. The van der Waals surface area contributed by atoms with Crippen LogP contribution in [0.5, 0.6) is 5.75 Å². The summed E-state index contributed by atoms with van der Waals surface area (Å²) in [6, 6.07) is 6.44. The Balaban J connectivity index is 1.78. The summed E-state index contributed by atoms with van der Waals surface area (Å²) in [5.74, 6) is -0.0430. The van der Waals surface area contributed by atoms with Crippen LogP contribution >= 0.6 is 0 Å². The zero-order valence-electron chi connectivity index (χ0n) is 25.6. The average molecular weight is 593 g/mol. The van der Waals surface area contributed by atoms with Gasteiger partial charge >= 0.3 is 6.09 Å². The molecule has 1 fully saturated rings. The number of ether oxygens (including phenoxy) is 2. The maximum absolute atomic E-state index is 14.0. The van der Waals surface area contributed by atoms with Gasteiger partial charge in [-0.25, -0.2) is 9.78 Å². The number of nitrogens with zero attached hydrogens (tertiary/aromatic N) is 4. The van der Waals surface area contributed by atoms with Crippen molar-refractivity contribution in [1.82, 2.24) is 19.4 Å². The van der Waals surface area contributed by atoms with E-state index in [9.17, 15) is 19.2 Å². The maximum Gasteiger partial charge on any atom is 0.407 e. The summed E-state index contributed by atoms with van der Waals surface area (Å²) in [5.41, 5.74) is 6.66. The monoisotopic (exact) mass is 592 g/mol. The van der Waals surface area contributed by atoms with E-state index in [0.717, 1.165) is 12.0 Å².